The monoisotopic (exact) mass is 337 g/mol. The van der Waals surface area contributed by atoms with Gasteiger partial charge in [0.25, 0.3) is 5.91 Å². The lowest BCUT2D eigenvalue weighted by atomic mass is 10.0. The van der Waals surface area contributed by atoms with Gasteiger partial charge in [-0.25, -0.2) is 0 Å². The van der Waals surface area contributed by atoms with Crippen LogP contribution < -0.4 is 5.32 Å². The topological polar surface area (TPSA) is 35.6 Å². The molecule has 4 nitrogen and oxygen atoms in total. The number of benzene rings is 2. The summed E-state index contributed by atoms with van der Waals surface area (Å²) in [5.41, 5.74) is 2.98. The summed E-state index contributed by atoms with van der Waals surface area (Å²) >= 11 is 0. The first kappa shape index (κ1) is 17.6. The highest BCUT2D eigenvalue weighted by Crippen LogP contribution is 2.17. The number of amides is 1. The van der Waals surface area contributed by atoms with Crippen molar-refractivity contribution in [3.05, 3.63) is 71.3 Å². The molecule has 1 atom stereocenters. The summed E-state index contributed by atoms with van der Waals surface area (Å²) in [6.07, 6.45) is 0. The van der Waals surface area contributed by atoms with Crippen molar-refractivity contribution in [3.8, 4) is 0 Å². The number of carbonyl (C=O) groups excluding carboxylic acids is 1. The number of rotatable bonds is 5. The molecular formula is C21H27N3O. The minimum atomic E-state index is -0.00770. The maximum atomic E-state index is 12.7. The van der Waals surface area contributed by atoms with E-state index in [0.717, 1.165) is 49.4 Å². The average Bonchev–Trinajstić information content (AvgIpc) is 2.63. The van der Waals surface area contributed by atoms with E-state index in [1.165, 1.54) is 0 Å². The average molecular weight is 337 g/mol. The molecule has 25 heavy (non-hydrogen) atoms. The maximum absolute atomic E-state index is 12.7. The van der Waals surface area contributed by atoms with E-state index >= 15 is 0 Å². The highest BCUT2D eigenvalue weighted by molar-refractivity contribution is 5.94. The molecule has 4 heteroatoms. The molecule has 3 rings (SSSR count). The van der Waals surface area contributed by atoms with Crippen LogP contribution in [0, 0.1) is 6.92 Å². The molecule has 1 N–H and O–H groups in total. The Morgan fingerprint density at radius 2 is 1.76 bits per heavy atom. The van der Waals surface area contributed by atoms with Crippen molar-refractivity contribution >= 4 is 5.91 Å². The van der Waals surface area contributed by atoms with Gasteiger partial charge in [0.05, 0.1) is 6.04 Å². The standard InChI is InChI=1S/C21H27N3O/c1-17-7-6-10-19(15-17)21(25)22-20(18-8-4-3-5-9-18)16-24-13-11-23(2)12-14-24/h3-10,15,20H,11-14,16H2,1-2H3,(H,22,25)/t20-/m1/s1. The van der Waals surface area contributed by atoms with Crippen LogP contribution in [0.25, 0.3) is 0 Å². The third-order valence-corrected chi connectivity index (χ3v) is 4.82. The van der Waals surface area contributed by atoms with Crippen molar-refractivity contribution in [1.29, 1.82) is 0 Å². The molecule has 1 amide bonds. The number of carbonyl (C=O) groups is 1. The fourth-order valence-electron chi connectivity index (χ4n) is 3.24. The number of nitrogens with one attached hydrogen (secondary N) is 1. The van der Waals surface area contributed by atoms with Crippen LogP contribution in [0.5, 0.6) is 0 Å². The molecule has 0 bridgehead atoms. The number of hydrogen-bond donors (Lipinski definition) is 1. The molecule has 2 aromatic carbocycles. The Kier molecular flexibility index (Phi) is 5.84. The molecular weight excluding hydrogens is 310 g/mol. The second kappa shape index (κ2) is 8.28. The van der Waals surface area contributed by atoms with Gasteiger partial charge in [0, 0.05) is 38.3 Å². The van der Waals surface area contributed by atoms with Gasteiger partial charge in [0.2, 0.25) is 0 Å². The minimum absolute atomic E-state index is 0.00221. The fourth-order valence-corrected chi connectivity index (χ4v) is 3.24. The predicted molar refractivity (Wildman–Crippen MR) is 102 cm³/mol. The number of nitrogens with zero attached hydrogens (tertiary/aromatic N) is 2. The van der Waals surface area contributed by atoms with Gasteiger partial charge in [-0.05, 0) is 31.7 Å². The summed E-state index contributed by atoms with van der Waals surface area (Å²) in [4.78, 5) is 17.5. The van der Waals surface area contributed by atoms with E-state index in [1.807, 2.05) is 49.4 Å². The van der Waals surface area contributed by atoms with Crippen LogP contribution in [0.15, 0.2) is 54.6 Å². The lowest BCUT2D eigenvalue weighted by Gasteiger charge is -2.35. The van der Waals surface area contributed by atoms with Crippen molar-refractivity contribution in [2.75, 3.05) is 39.8 Å². The summed E-state index contributed by atoms with van der Waals surface area (Å²) in [6.45, 7) is 7.09. The van der Waals surface area contributed by atoms with Gasteiger partial charge in [-0.2, -0.15) is 0 Å². The second-order valence-corrected chi connectivity index (χ2v) is 6.91. The first-order valence-electron chi connectivity index (χ1n) is 8.95. The summed E-state index contributed by atoms with van der Waals surface area (Å²) < 4.78 is 0. The molecule has 1 heterocycles. The first-order chi connectivity index (χ1) is 12.1. The molecule has 2 aromatic rings. The number of aryl methyl sites for hydroxylation is 1. The number of piperazine rings is 1. The van der Waals surface area contributed by atoms with Crippen LogP contribution in [-0.2, 0) is 0 Å². The highest BCUT2D eigenvalue weighted by Gasteiger charge is 2.21. The smallest absolute Gasteiger partial charge is 0.251 e. The first-order valence-corrected chi connectivity index (χ1v) is 8.95. The molecule has 132 valence electrons. The SMILES string of the molecule is Cc1cccc(C(=O)N[C@H](CN2CCN(C)CC2)c2ccccc2)c1. The Balaban J connectivity index is 1.73. The van der Waals surface area contributed by atoms with Gasteiger partial charge in [-0.15, -0.1) is 0 Å². The highest BCUT2D eigenvalue weighted by atomic mass is 16.1. The van der Waals surface area contributed by atoms with Crippen LogP contribution in [0.3, 0.4) is 0 Å². The lowest BCUT2D eigenvalue weighted by molar-refractivity contribution is 0.0907. The Morgan fingerprint density at radius 3 is 2.44 bits per heavy atom. The molecule has 1 aliphatic rings. The Morgan fingerprint density at radius 1 is 1.04 bits per heavy atom. The van der Waals surface area contributed by atoms with E-state index in [2.05, 4.69) is 34.3 Å². The fraction of sp³-hybridized carbons (Fsp3) is 0.381. The van der Waals surface area contributed by atoms with E-state index in [1.54, 1.807) is 0 Å². The van der Waals surface area contributed by atoms with E-state index in [-0.39, 0.29) is 11.9 Å². The lowest BCUT2D eigenvalue weighted by Crippen LogP contribution is -2.47. The second-order valence-electron chi connectivity index (χ2n) is 6.91. The van der Waals surface area contributed by atoms with Crippen LogP contribution in [-0.4, -0.2) is 55.5 Å². The van der Waals surface area contributed by atoms with Gasteiger partial charge >= 0.3 is 0 Å². The third-order valence-electron chi connectivity index (χ3n) is 4.82. The van der Waals surface area contributed by atoms with Crippen molar-refractivity contribution in [3.63, 3.8) is 0 Å². The molecule has 0 radical (unpaired) electrons. The van der Waals surface area contributed by atoms with Crippen LogP contribution in [0.1, 0.15) is 27.5 Å². The number of likely N-dealkylation sites (N-methyl/N-ethyl adjacent to an activating group) is 1. The third kappa shape index (κ3) is 4.91. The van der Waals surface area contributed by atoms with Gasteiger partial charge in [-0.3, -0.25) is 9.69 Å². The summed E-state index contributed by atoms with van der Waals surface area (Å²) in [5.74, 6) is -0.00770. The molecule has 1 fully saturated rings. The van der Waals surface area contributed by atoms with Gasteiger partial charge in [0.15, 0.2) is 0 Å². The normalized spacial score (nSPS) is 17.2. The zero-order chi connectivity index (χ0) is 17.6. The molecule has 1 aliphatic heterocycles. The molecule has 0 aromatic heterocycles. The summed E-state index contributed by atoms with van der Waals surface area (Å²) in [6, 6.07) is 18.0. The zero-order valence-electron chi connectivity index (χ0n) is 15.1. The maximum Gasteiger partial charge on any atom is 0.251 e. The zero-order valence-corrected chi connectivity index (χ0v) is 15.1. The molecule has 0 saturated carbocycles. The van der Waals surface area contributed by atoms with E-state index in [4.69, 9.17) is 0 Å². The predicted octanol–water partition coefficient (Wildman–Crippen LogP) is 2.71. The Labute approximate surface area is 150 Å². The van der Waals surface area contributed by atoms with Gasteiger partial charge < -0.3 is 10.2 Å². The quantitative estimate of drug-likeness (QED) is 0.911. The van der Waals surface area contributed by atoms with Crippen molar-refractivity contribution in [2.24, 2.45) is 0 Å². The van der Waals surface area contributed by atoms with Crippen LogP contribution in [0.2, 0.25) is 0 Å². The Bertz CT molecular complexity index is 693. The van der Waals surface area contributed by atoms with Gasteiger partial charge in [0.1, 0.15) is 0 Å². The number of hydrogen-bond acceptors (Lipinski definition) is 3. The van der Waals surface area contributed by atoms with Crippen LogP contribution >= 0.6 is 0 Å². The van der Waals surface area contributed by atoms with E-state index in [9.17, 15) is 4.79 Å². The Hall–Kier alpha value is -2.17. The van der Waals surface area contributed by atoms with Crippen molar-refractivity contribution in [2.45, 2.75) is 13.0 Å². The largest absolute Gasteiger partial charge is 0.344 e. The van der Waals surface area contributed by atoms with Crippen molar-refractivity contribution in [1.82, 2.24) is 15.1 Å². The minimum Gasteiger partial charge on any atom is -0.344 e. The van der Waals surface area contributed by atoms with Gasteiger partial charge in [-0.1, -0.05) is 48.0 Å². The molecule has 1 saturated heterocycles. The molecule has 0 spiro atoms. The van der Waals surface area contributed by atoms with Crippen molar-refractivity contribution < 1.29 is 4.79 Å². The summed E-state index contributed by atoms with van der Waals surface area (Å²) in [5, 5.41) is 3.24. The molecule has 0 aliphatic carbocycles. The summed E-state index contributed by atoms with van der Waals surface area (Å²) in [7, 11) is 2.16. The van der Waals surface area contributed by atoms with Crippen LogP contribution in [0.4, 0.5) is 0 Å². The van der Waals surface area contributed by atoms with E-state index < -0.39 is 0 Å². The molecule has 0 unspecified atom stereocenters. The van der Waals surface area contributed by atoms with E-state index in [0.29, 0.717) is 0 Å².